The van der Waals surface area contributed by atoms with E-state index in [1.54, 1.807) is 31.6 Å². The topological polar surface area (TPSA) is 89.4 Å². The SMILES string of the molecule is CC[C@@]1(C(=O)NCCn2nccc2C)C[C@@H]2CC[C@H]1N2C(=O)c1cc(OC)ccn1. The monoisotopic (exact) mass is 411 g/mol. The largest absolute Gasteiger partial charge is 0.497 e. The second-order valence-corrected chi connectivity index (χ2v) is 8.21. The Labute approximate surface area is 176 Å². The highest BCUT2D eigenvalue weighted by molar-refractivity contribution is 5.95. The minimum absolute atomic E-state index is 0.0402. The third-order valence-electron chi connectivity index (χ3n) is 6.78. The van der Waals surface area contributed by atoms with Crippen LogP contribution >= 0.6 is 0 Å². The summed E-state index contributed by atoms with van der Waals surface area (Å²) in [6.45, 7) is 5.19. The van der Waals surface area contributed by atoms with Crippen molar-refractivity contribution in [1.82, 2.24) is 25.0 Å². The molecule has 2 aliphatic rings. The molecule has 3 atom stereocenters. The number of aryl methyl sites for hydroxylation is 1. The number of methoxy groups -OCH3 is 1. The third kappa shape index (κ3) is 3.34. The number of hydrogen-bond acceptors (Lipinski definition) is 5. The number of nitrogens with zero attached hydrogens (tertiary/aromatic N) is 4. The number of aromatic nitrogens is 3. The molecule has 0 saturated carbocycles. The van der Waals surface area contributed by atoms with E-state index >= 15 is 0 Å². The number of ether oxygens (including phenoxy) is 1. The Bertz CT molecular complexity index is 942. The molecule has 2 fully saturated rings. The Morgan fingerprint density at radius 2 is 2.13 bits per heavy atom. The molecule has 2 amide bonds. The first-order chi connectivity index (χ1) is 14.5. The van der Waals surface area contributed by atoms with Crippen LogP contribution in [0, 0.1) is 12.3 Å². The van der Waals surface area contributed by atoms with Crippen molar-refractivity contribution in [3.05, 3.63) is 42.0 Å². The molecule has 0 radical (unpaired) electrons. The first kappa shape index (κ1) is 20.4. The van der Waals surface area contributed by atoms with Crippen LogP contribution in [0.1, 0.15) is 48.8 Å². The Morgan fingerprint density at radius 3 is 2.83 bits per heavy atom. The maximum absolute atomic E-state index is 13.3. The molecule has 1 N–H and O–H groups in total. The van der Waals surface area contributed by atoms with Gasteiger partial charge in [-0.25, -0.2) is 0 Å². The van der Waals surface area contributed by atoms with Gasteiger partial charge in [-0.05, 0) is 44.7 Å². The summed E-state index contributed by atoms with van der Waals surface area (Å²) in [5.74, 6) is 0.531. The second kappa shape index (κ2) is 8.08. The molecule has 2 aromatic rings. The zero-order valence-corrected chi connectivity index (χ0v) is 17.8. The number of nitrogens with one attached hydrogen (secondary N) is 1. The molecule has 0 spiro atoms. The second-order valence-electron chi connectivity index (χ2n) is 8.21. The van der Waals surface area contributed by atoms with Crippen LogP contribution < -0.4 is 10.1 Å². The van der Waals surface area contributed by atoms with Crippen LogP contribution in [0.2, 0.25) is 0 Å². The maximum Gasteiger partial charge on any atom is 0.273 e. The zero-order chi connectivity index (χ0) is 21.3. The van der Waals surface area contributed by atoms with E-state index in [1.807, 2.05) is 29.5 Å². The highest BCUT2D eigenvalue weighted by Gasteiger charge is 2.60. The molecule has 8 nitrogen and oxygen atoms in total. The van der Waals surface area contributed by atoms with Crippen LogP contribution in [0.3, 0.4) is 0 Å². The fourth-order valence-electron chi connectivity index (χ4n) is 5.15. The molecule has 0 aliphatic carbocycles. The summed E-state index contributed by atoms with van der Waals surface area (Å²) in [5, 5.41) is 7.37. The third-order valence-corrected chi connectivity index (χ3v) is 6.78. The molecule has 2 saturated heterocycles. The molecule has 160 valence electrons. The average Bonchev–Trinajstić information content (AvgIpc) is 3.46. The number of rotatable bonds is 7. The van der Waals surface area contributed by atoms with Gasteiger partial charge < -0.3 is 15.0 Å². The summed E-state index contributed by atoms with van der Waals surface area (Å²) >= 11 is 0. The lowest BCUT2D eigenvalue weighted by Gasteiger charge is -2.35. The Morgan fingerprint density at radius 1 is 1.30 bits per heavy atom. The number of hydrogen-bond donors (Lipinski definition) is 1. The lowest BCUT2D eigenvalue weighted by atomic mass is 9.71. The maximum atomic E-state index is 13.3. The molecule has 4 rings (SSSR count). The predicted octanol–water partition coefficient (Wildman–Crippen LogP) is 2.18. The number of amides is 2. The van der Waals surface area contributed by atoms with Crippen molar-refractivity contribution in [1.29, 1.82) is 0 Å². The van der Waals surface area contributed by atoms with Gasteiger partial charge in [0.1, 0.15) is 11.4 Å². The van der Waals surface area contributed by atoms with Gasteiger partial charge in [-0.2, -0.15) is 5.10 Å². The molecule has 2 aromatic heterocycles. The van der Waals surface area contributed by atoms with E-state index in [0.717, 1.165) is 18.5 Å². The van der Waals surface area contributed by atoms with Crippen LogP contribution in [0.4, 0.5) is 0 Å². The molecule has 4 heterocycles. The van der Waals surface area contributed by atoms with E-state index in [4.69, 9.17) is 4.74 Å². The highest BCUT2D eigenvalue weighted by atomic mass is 16.5. The van der Waals surface area contributed by atoms with E-state index in [1.165, 1.54) is 0 Å². The van der Waals surface area contributed by atoms with Crippen LogP contribution in [0.15, 0.2) is 30.6 Å². The Kier molecular flexibility index (Phi) is 5.49. The van der Waals surface area contributed by atoms with Crippen LogP contribution in [-0.4, -0.2) is 57.2 Å². The molecule has 0 aromatic carbocycles. The van der Waals surface area contributed by atoms with Gasteiger partial charge in [0.05, 0.1) is 19.1 Å². The molecule has 0 unspecified atom stereocenters. The van der Waals surface area contributed by atoms with E-state index in [0.29, 0.717) is 37.4 Å². The van der Waals surface area contributed by atoms with Crippen molar-refractivity contribution >= 4 is 11.8 Å². The summed E-state index contributed by atoms with van der Waals surface area (Å²) in [6.07, 6.45) is 6.53. The van der Waals surface area contributed by atoms with E-state index < -0.39 is 5.41 Å². The van der Waals surface area contributed by atoms with E-state index in [-0.39, 0.29) is 23.9 Å². The first-order valence-electron chi connectivity index (χ1n) is 10.6. The number of pyridine rings is 1. The molecule has 2 aliphatic heterocycles. The van der Waals surface area contributed by atoms with Gasteiger partial charge in [0, 0.05) is 42.8 Å². The smallest absolute Gasteiger partial charge is 0.273 e. The molecule has 2 bridgehead atoms. The minimum atomic E-state index is -0.545. The summed E-state index contributed by atoms with van der Waals surface area (Å²) in [4.78, 5) is 32.7. The average molecular weight is 412 g/mol. The fraction of sp³-hybridized carbons (Fsp3) is 0.545. The lowest BCUT2D eigenvalue weighted by molar-refractivity contribution is -0.133. The zero-order valence-electron chi connectivity index (χ0n) is 17.8. The van der Waals surface area contributed by atoms with E-state index in [9.17, 15) is 9.59 Å². The van der Waals surface area contributed by atoms with E-state index in [2.05, 4.69) is 15.4 Å². The van der Waals surface area contributed by atoms with Crippen LogP contribution in [-0.2, 0) is 11.3 Å². The first-order valence-corrected chi connectivity index (χ1v) is 10.6. The number of carbonyl (C=O) groups excluding carboxylic acids is 2. The Balaban J connectivity index is 1.48. The molecular formula is C22H29N5O3. The highest BCUT2D eigenvalue weighted by Crippen LogP contribution is 2.52. The van der Waals surface area contributed by atoms with Gasteiger partial charge in [0.15, 0.2) is 0 Å². The summed E-state index contributed by atoms with van der Waals surface area (Å²) in [6, 6.07) is 5.32. The summed E-state index contributed by atoms with van der Waals surface area (Å²) in [5.41, 5.74) is 0.890. The number of fused-ring (bicyclic) bond motifs is 2. The van der Waals surface area contributed by atoms with Crippen molar-refractivity contribution in [2.75, 3.05) is 13.7 Å². The van der Waals surface area contributed by atoms with Crippen molar-refractivity contribution in [3.8, 4) is 5.75 Å². The normalized spacial score (nSPS) is 24.8. The van der Waals surface area contributed by atoms with Crippen molar-refractivity contribution in [2.45, 2.75) is 58.2 Å². The molecule has 30 heavy (non-hydrogen) atoms. The summed E-state index contributed by atoms with van der Waals surface area (Å²) < 4.78 is 7.12. The summed E-state index contributed by atoms with van der Waals surface area (Å²) in [7, 11) is 1.57. The van der Waals surface area contributed by atoms with Gasteiger partial charge in [-0.1, -0.05) is 6.92 Å². The van der Waals surface area contributed by atoms with Crippen molar-refractivity contribution < 1.29 is 14.3 Å². The van der Waals surface area contributed by atoms with Gasteiger partial charge in [-0.15, -0.1) is 0 Å². The quantitative estimate of drug-likeness (QED) is 0.754. The lowest BCUT2D eigenvalue weighted by Crippen LogP contribution is -2.50. The van der Waals surface area contributed by atoms with Crippen molar-refractivity contribution in [2.24, 2.45) is 5.41 Å². The molecule has 8 heteroatoms. The molecular weight excluding hydrogens is 382 g/mol. The fourth-order valence-corrected chi connectivity index (χ4v) is 5.15. The van der Waals surface area contributed by atoms with Crippen LogP contribution in [0.5, 0.6) is 5.75 Å². The number of carbonyl (C=O) groups is 2. The van der Waals surface area contributed by atoms with Gasteiger partial charge in [0.2, 0.25) is 5.91 Å². The Hall–Kier alpha value is -2.90. The van der Waals surface area contributed by atoms with Crippen LogP contribution in [0.25, 0.3) is 0 Å². The van der Waals surface area contributed by atoms with Crippen molar-refractivity contribution in [3.63, 3.8) is 0 Å². The van der Waals surface area contributed by atoms with Gasteiger partial charge in [-0.3, -0.25) is 19.3 Å². The standard InChI is InChI=1S/C22H29N5O3/c1-4-22(21(29)24-11-12-26-15(2)7-10-25-26)14-16-5-6-19(22)27(16)20(28)18-13-17(30-3)8-9-23-18/h7-10,13,16,19H,4-6,11-12,14H2,1-3H3,(H,24,29)/t16-,19+,22+/m0/s1. The predicted molar refractivity (Wildman–Crippen MR) is 111 cm³/mol. The van der Waals surface area contributed by atoms with Gasteiger partial charge >= 0.3 is 0 Å². The minimum Gasteiger partial charge on any atom is -0.497 e. The van der Waals surface area contributed by atoms with Gasteiger partial charge in [0.25, 0.3) is 5.91 Å².